The third kappa shape index (κ3) is 12.3. The van der Waals surface area contributed by atoms with Gasteiger partial charge in [0, 0.05) is 13.1 Å². The lowest BCUT2D eigenvalue weighted by molar-refractivity contribution is 0.133. The van der Waals surface area contributed by atoms with Gasteiger partial charge < -0.3 is 15.7 Å². The highest BCUT2D eigenvalue weighted by Gasteiger charge is 2.16. The summed E-state index contributed by atoms with van der Waals surface area (Å²) in [6.07, 6.45) is 19.9. The van der Waals surface area contributed by atoms with Crippen LogP contribution in [0.5, 0.6) is 0 Å². The van der Waals surface area contributed by atoms with Gasteiger partial charge in [-0.15, -0.1) is 0 Å². The molecular formula is C21H43N3O. The van der Waals surface area contributed by atoms with Crippen LogP contribution in [0.4, 0.5) is 0 Å². The maximum absolute atomic E-state index is 10.1. The maximum atomic E-state index is 10.1. The van der Waals surface area contributed by atoms with Crippen LogP contribution in [-0.2, 0) is 0 Å². The van der Waals surface area contributed by atoms with Gasteiger partial charge in [0.15, 0.2) is 5.96 Å². The maximum Gasteiger partial charge on any atom is 0.191 e. The summed E-state index contributed by atoms with van der Waals surface area (Å²) in [5.41, 5.74) is 5.77. The number of β-amino-alcohol motifs (C(OH)–C–C–N with tert-alkyl or cyclic N) is 1. The van der Waals surface area contributed by atoms with Gasteiger partial charge in [-0.2, -0.15) is 0 Å². The summed E-state index contributed by atoms with van der Waals surface area (Å²) in [6, 6.07) is 0. The molecule has 0 amide bonds. The highest BCUT2D eigenvalue weighted by atomic mass is 16.3. The van der Waals surface area contributed by atoms with Gasteiger partial charge in [-0.3, -0.25) is 4.99 Å². The van der Waals surface area contributed by atoms with E-state index in [2.05, 4.69) is 11.9 Å². The molecular weight excluding hydrogens is 310 g/mol. The fourth-order valence-electron chi connectivity index (χ4n) is 3.60. The van der Waals surface area contributed by atoms with E-state index in [-0.39, 0.29) is 6.10 Å². The highest BCUT2D eigenvalue weighted by Crippen LogP contribution is 2.14. The summed E-state index contributed by atoms with van der Waals surface area (Å²) < 4.78 is 0. The lowest BCUT2D eigenvalue weighted by Crippen LogP contribution is -2.39. The van der Waals surface area contributed by atoms with Crippen LogP contribution >= 0.6 is 0 Å². The summed E-state index contributed by atoms with van der Waals surface area (Å²) in [5.74, 6) is 0.597. The van der Waals surface area contributed by atoms with E-state index in [9.17, 15) is 5.11 Å². The molecule has 1 aliphatic heterocycles. The molecule has 0 bridgehead atoms. The number of hydrogen-bond donors (Lipinski definition) is 2. The minimum Gasteiger partial charge on any atom is -0.391 e. The Hall–Kier alpha value is -0.770. The standard InChI is InChI=1S/C21H43N3O/c1-2-3-4-5-6-7-8-9-10-11-12-13-14-15-16-20(25)19-24-18-17-23-21(24)22/h20,25H,2-19H2,1H3,(H2,22,23). The molecule has 0 fully saturated rings. The first-order valence-corrected chi connectivity index (χ1v) is 11.0. The van der Waals surface area contributed by atoms with Crippen LogP contribution in [0.1, 0.15) is 103 Å². The number of unbranched alkanes of at least 4 members (excludes halogenated alkanes) is 13. The molecule has 4 nitrogen and oxygen atoms in total. The molecule has 0 saturated carbocycles. The fraction of sp³-hybridized carbons (Fsp3) is 0.952. The van der Waals surface area contributed by atoms with Crippen molar-refractivity contribution in [2.45, 2.75) is 109 Å². The van der Waals surface area contributed by atoms with Gasteiger partial charge in [-0.1, -0.05) is 96.8 Å². The van der Waals surface area contributed by atoms with Gasteiger partial charge in [-0.25, -0.2) is 0 Å². The van der Waals surface area contributed by atoms with Crippen molar-refractivity contribution < 1.29 is 5.11 Å². The zero-order valence-corrected chi connectivity index (χ0v) is 16.7. The van der Waals surface area contributed by atoms with Crippen LogP contribution in [0.2, 0.25) is 0 Å². The number of rotatable bonds is 17. The highest BCUT2D eigenvalue weighted by molar-refractivity contribution is 5.79. The Morgan fingerprint density at radius 1 is 0.880 bits per heavy atom. The Balaban J connectivity index is 1.76. The number of aliphatic hydroxyl groups is 1. The molecule has 1 aliphatic rings. The SMILES string of the molecule is CCCCCCCCCCCCCCCCC(O)CN1CCN=C1N. The van der Waals surface area contributed by atoms with Crippen molar-refractivity contribution in [2.24, 2.45) is 10.7 Å². The lowest BCUT2D eigenvalue weighted by Gasteiger charge is -2.21. The molecule has 0 aromatic rings. The molecule has 25 heavy (non-hydrogen) atoms. The Labute approximate surface area is 156 Å². The van der Waals surface area contributed by atoms with E-state index in [1.54, 1.807) is 0 Å². The lowest BCUT2D eigenvalue weighted by atomic mass is 10.0. The van der Waals surface area contributed by atoms with E-state index in [1.165, 1.54) is 83.5 Å². The number of nitrogens with two attached hydrogens (primary N) is 1. The van der Waals surface area contributed by atoms with E-state index in [4.69, 9.17) is 5.73 Å². The van der Waals surface area contributed by atoms with Gasteiger partial charge in [0.05, 0.1) is 12.6 Å². The predicted octanol–water partition coefficient (Wildman–Crippen LogP) is 4.85. The molecule has 148 valence electrons. The van der Waals surface area contributed by atoms with Crippen LogP contribution in [0, 0.1) is 0 Å². The Bertz CT molecular complexity index is 333. The van der Waals surface area contributed by atoms with Crippen molar-refractivity contribution in [2.75, 3.05) is 19.6 Å². The van der Waals surface area contributed by atoms with Crippen molar-refractivity contribution in [3.63, 3.8) is 0 Å². The molecule has 0 aromatic carbocycles. The summed E-state index contributed by atoms with van der Waals surface area (Å²) in [4.78, 5) is 6.15. The van der Waals surface area contributed by atoms with E-state index in [0.29, 0.717) is 12.5 Å². The van der Waals surface area contributed by atoms with Crippen LogP contribution in [0.3, 0.4) is 0 Å². The largest absolute Gasteiger partial charge is 0.391 e. The topological polar surface area (TPSA) is 61.8 Å². The number of nitrogens with zero attached hydrogens (tertiary/aromatic N) is 2. The second-order valence-electron chi connectivity index (χ2n) is 7.72. The van der Waals surface area contributed by atoms with Crippen LogP contribution in [0.25, 0.3) is 0 Å². The molecule has 4 heteroatoms. The van der Waals surface area contributed by atoms with E-state index in [0.717, 1.165) is 25.9 Å². The van der Waals surface area contributed by atoms with E-state index in [1.807, 2.05) is 4.90 Å². The first-order valence-electron chi connectivity index (χ1n) is 11.0. The minimum atomic E-state index is -0.260. The number of aliphatic imine (C=N–C) groups is 1. The molecule has 1 unspecified atom stereocenters. The van der Waals surface area contributed by atoms with Crippen molar-refractivity contribution in [3.05, 3.63) is 0 Å². The number of aliphatic hydroxyl groups excluding tert-OH is 1. The first kappa shape index (κ1) is 22.3. The van der Waals surface area contributed by atoms with Gasteiger partial charge in [0.1, 0.15) is 0 Å². The van der Waals surface area contributed by atoms with Gasteiger partial charge in [-0.05, 0) is 6.42 Å². The molecule has 0 aliphatic carbocycles. The van der Waals surface area contributed by atoms with Crippen molar-refractivity contribution in [1.29, 1.82) is 0 Å². The molecule has 1 atom stereocenters. The normalized spacial score (nSPS) is 15.6. The fourth-order valence-corrected chi connectivity index (χ4v) is 3.60. The summed E-state index contributed by atoms with van der Waals surface area (Å²) in [7, 11) is 0. The summed E-state index contributed by atoms with van der Waals surface area (Å²) >= 11 is 0. The minimum absolute atomic E-state index is 0.260. The van der Waals surface area contributed by atoms with Crippen molar-refractivity contribution in [3.8, 4) is 0 Å². The van der Waals surface area contributed by atoms with E-state index >= 15 is 0 Å². The molecule has 1 rings (SSSR count). The molecule has 0 aromatic heterocycles. The first-order chi connectivity index (χ1) is 12.2. The quantitative estimate of drug-likeness (QED) is 0.367. The van der Waals surface area contributed by atoms with E-state index < -0.39 is 0 Å². The molecule has 0 saturated heterocycles. The smallest absolute Gasteiger partial charge is 0.191 e. The van der Waals surface area contributed by atoms with Crippen LogP contribution in [0.15, 0.2) is 4.99 Å². The van der Waals surface area contributed by atoms with Gasteiger partial charge in [0.25, 0.3) is 0 Å². The van der Waals surface area contributed by atoms with Crippen molar-refractivity contribution >= 4 is 5.96 Å². The number of guanidine groups is 1. The Kier molecular flexibility index (Phi) is 13.8. The Morgan fingerprint density at radius 3 is 1.80 bits per heavy atom. The zero-order valence-electron chi connectivity index (χ0n) is 16.7. The average Bonchev–Trinajstić information content (AvgIpc) is 3.00. The van der Waals surface area contributed by atoms with Crippen molar-refractivity contribution in [1.82, 2.24) is 4.90 Å². The number of hydrogen-bond acceptors (Lipinski definition) is 4. The summed E-state index contributed by atoms with van der Waals surface area (Å²) in [5, 5.41) is 10.1. The van der Waals surface area contributed by atoms with Gasteiger partial charge >= 0.3 is 0 Å². The monoisotopic (exact) mass is 353 g/mol. The summed E-state index contributed by atoms with van der Waals surface area (Å²) in [6.45, 7) is 4.56. The molecule has 0 radical (unpaired) electrons. The molecule has 0 spiro atoms. The average molecular weight is 354 g/mol. The zero-order chi connectivity index (χ0) is 18.2. The third-order valence-electron chi connectivity index (χ3n) is 5.29. The molecule has 1 heterocycles. The molecule has 3 N–H and O–H groups in total. The predicted molar refractivity (Wildman–Crippen MR) is 109 cm³/mol. The van der Waals surface area contributed by atoms with Crippen LogP contribution < -0.4 is 5.73 Å². The second kappa shape index (κ2) is 15.5. The second-order valence-corrected chi connectivity index (χ2v) is 7.72. The Morgan fingerprint density at radius 2 is 1.36 bits per heavy atom. The third-order valence-corrected chi connectivity index (χ3v) is 5.29. The van der Waals surface area contributed by atoms with Gasteiger partial charge in [0.2, 0.25) is 0 Å². The van der Waals surface area contributed by atoms with Crippen LogP contribution in [-0.4, -0.2) is 41.7 Å².